The first-order chi connectivity index (χ1) is 16.5. The molecule has 0 N–H and O–H groups in total. The van der Waals surface area contributed by atoms with Gasteiger partial charge >= 0.3 is 0 Å². The number of hydrogen-bond acceptors (Lipinski definition) is 5. The molecule has 5 rings (SSSR count). The molecule has 0 bridgehead atoms. The van der Waals surface area contributed by atoms with E-state index in [1.165, 1.54) is 10.5 Å². The number of amides is 1. The highest BCUT2D eigenvalue weighted by Crippen LogP contribution is 2.44. The molecule has 0 aliphatic carbocycles. The van der Waals surface area contributed by atoms with Crippen LogP contribution in [0.3, 0.4) is 0 Å². The lowest BCUT2D eigenvalue weighted by Gasteiger charge is -2.26. The van der Waals surface area contributed by atoms with Crippen LogP contribution in [0.25, 0.3) is 5.69 Å². The molecule has 5 nitrogen and oxygen atoms in total. The highest BCUT2D eigenvalue weighted by atomic mass is 32.2. The summed E-state index contributed by atoms with van der Waals surface area (Å²) in [4.78, 5) is 32.8. The third-order valence-corrected chi connectivity index (χ3v) is 9.18. The van der Waals surface area contributed by atoms with E-state index < -0.39 is 0 Å². The molecule has 0 radical (unpaired) electrons. The van der Waals surface area contributed by atoms with Gasteiger partial charge in [0.1, 0.15) is 5.56 Å². The van der Waals surface area contributed by atoms with Crippen molar-refractivity contribution in [3.8, 4) is 5.69 Å². The monoisotopic (exact) mass is 493 g/mol. The molecule has 2 aliphatic heterocycles. The fourth-order valence-corrected chi connectivity index (χ4v) is 7.50. The lowest BCUT2D eigenvalue weighted by molar-refractivity contribution is 0.0774. The first-order valence-corrected chi connectivity index (χ1v) is 13.9. The van der Waals surface area contributed by atoms with E-state index in [1.54, 1.807) is 17.4 Å². The van der Waals surface area contributed by atoms with Crippen LogP contribution in [0.2, 0.25) is 0 Å². The van der Waals surface area contributed by atoms with Crippen molar-refractivity contribution in [1.29, 1.82) is 0 Å². The number of nitrogens with zero attached hydrogens (tertiary/aromatic N) is 3. The Bertz CT molecular complexity index is 1250. The van der Waals surface area contributed by atoms with Crippen LogP contribution in [0.1, 0.15) is 52.8 Å². The Morgan fingerprint density at radius 3 is 2.71 bits per heavy atom. The van der Waals surface area contributed by atoms with Crippen LogP contribution in [0, 0.1) is 6.92 Å². The summed E-state index contributed by atoms with van der Waals surface area (Å²) in [6.07, 6.45) is 1.60. The number of rotatable bonds is 5. The fraction of sp³-hybridized carbons (Fsp3) is 0.407. The Labute approximate surface area is 209 Å². The van der Waals surface area contributed by atoms with Crippen LogP contribution in [0.15, 0.2) is 56.8 Å². The van der Waals surface area contributed by atoms with Crippen molar-refractivity contribution in [3.63, 3.8) is 0 Å². The second-order valence-corrected chi connectivity index (χ2v) is 11.1. The first kappa shape index (κ1) is 23.4. The number of para-hydroxylation sites is 1. The van der Waals surface area contributed by atoms with Gasteiger partial charge in [-0.3, -0.25) is 14.5 Å². The van der Waals surface area contributed by atoms with Gasteiger partial charge in [-0.05, 0) is 61.0 Å². The Balaban J connectivity index is 1.61. The Morgan fingerprint density at radius 2 is 1.97 bits per heavy atom. The Kier molecular flexibility index (Phi) is 6.69. The van der Waals surface area contributed by atoms with E-state index >= 15 is 0 Å². The lowest BCUT2D eigenvalue weighted by Crippen LogP contribution is -2.40. The molecule has 7 heteroatoms. The van der Waals surface area contributed by atoms with E-state index in [4.69, 9.17) is 0 Å². The summed E-state index contributed by atoms with van der Waals surface area (Å²) in [5.74, 6) is -0.114. The number of likely N-dealkylation sites (N-methyl/N-ethyl adjacent to an activating group) is 1. The molecule has 2 aromatic heterocycles. The number of thioether (sulfide) groups is 1. The van der Waals surface area contributed by atoms with E-state index in [2.05, 4.69) is 58.3 Å². The van der Waals surface area contributed by atoms with Gasteiger partial charge < -0.3 is 9.47 Å². The predicted molar refractivity (Wildman–Crippen MR) is 141 cm³/mol. The maximum absolute atomic E-state index is 13.9. The lowest BCUT2D eigenvalue weighted by atomic mass is 10.0. The topological polar surface area (TPSA) is 45.5 Å². The number of carbonyl (C=O) groups is 1. The molecule has 0 saturated carbocycles. The number of carbonyl (C=O) groups excluding carboxylic acids is 1. The minimum absolute atomic E-state index is 0.114. The number of aromatic nitrogens is 1. The number of aryl methyl sites for hydroxylation is 1. The van der Waals surface area contributed by atoms with E-state index in [1.807, 2.05) is 29.7 Å². The number of pyridine rings is 1. The van der Waals surface area contributed by atoms with Gasteiger partial charge in [0.2, 0.25) is 0 Å². The first-order valence-electron chi connectivity index (χ1n) is 12.1. The van der Waals surface area contributed by atoms with E-state index in [0.717, 1.165) is 36.6 Å². The summed E-state index contributed by atoms with van der Waals surface area (Å²) in [6, 6.07) is 12.5. The number of fused-ring (bicyclic) bond motifs is 3. The van der Waals surface area contributed by atoms with Crippen molar-refractivity contribution in [2.24, 2.45) is 0 Å². The summed E-state index contributed by atoms with van der Waals surface area (Å²) in [5, 5.41) is 4.43. The molecule has 178 valence electrons. The van der Waals surface area contributed by atoms with Crippen molar-refractivity contribution in [2.75, 3.05) is 26.2 Å². The van der Waals surface area contributed by atoms with Gasteiger partial charge in [0.05, 0.1) is 5.69 Å². The average molecular weight is 494 g/mol. The molecule has 1 saturated heterocycles. The fourth-order valence-electron chi connectivity index (χ4n) is 5.43. The second-order valence-electron chi connectivity index (χ2n) is 9.06. The highest BCUT2D eigenvalue weighted by molar-refractivity contribution is 7.99. The van der Waals surface area contributed by atoms with Gasteiger partial charge in [-0.1, -0.05) is 26.0 Å². The molecule has 2 aliphatic rings. The molecule has 1 amide bonds. The number of hydrogen-bond donors (Lipinski definition) is 0. The minimum Gasteiger partial charge on any atom is -0.337 e. The third-order valence-electron chi connectivity index (χ3n) is 7.16. The summed E-state index contributed by atoms with van der Waals surface area (Å²) in [6.45, 7) is 9.64. The molecule has 2 atom stereocenters. The van der Waals surface area contributed by atoms with Crippen molar-refractivity contribution >= 4 is 29.0 Å². The smallest absolute Gasteiger partial charge is 0.259 e. The second kappa shape index (κ2) is 9.72. The van der Waals surface area contributed by atoms with Crippen LogP contribution in [0.4, 0.5) is 0 Å². The maximum atomic E-state index is 13.9. The van der Waals surface area contributed by atoms with Crippen LogP contribution in [-0.4, -0.2) is 52.5 Å². The van der Waals surface area contributed by atoms with Crippen molar-refractivity contribution in [3.05, 3.63) is 79.9 Å². The maximum Gasteiger partial charge on any atom is 0.259 e. The molecular formula is C27H31N3O2S2. The molecular weight excluding hydrogens is 462 g/mol. The Morgan fingerprint density at radius 1 is 1.18 bits per heavy atom. The normalized spacial score (nSPS) is 19.7. The van der Waals surface area contributed by atoms with Crippen molar-refractivity contribution < 1.29 is 4.79 Å². The summed E-state index contributed by atoms with van der Waals surface area (Å²) >= 11 is 3.51. The van der Waals surface area contributed by atoms with Crippen LogP contribution in [-0.2, 0) is 6.42 Å². The van der Waals surface area contributed by atoms with Crippen LogP contribution in [0.5, 0.6) is 0 Å². The molecule has 34 heavy (non-hydrogen) atoms. The molecule has 1 aromatic carbocycles. The van der Waals surface area contributed by atoms with Gasteiger partial charge in [0.25, 0.3) is 5.91 Å². The van der Waals surface area contributed by atoms with Gasteiger partial charge in [-0.15, -0.1) is 11.8 Å². The summed E-state index contributed by atoms with van der Waals surface area (Å²) in [7, 11) is 0. The molecule has 0 spiro atoms. The molecule has 3 aromatic rings. The van der Waals surface area contributed by atoms with Crippen molar-refractivity contribution in [2.45, 2.75) is 49.8 Å². The van der Waals surface area contributed by atoms with Gasteiger partial charge in [-0.2, -0.15) is 11.3 Å². The van der Waals surface area contributed by atoms with Gasteiger partial charge in [-0.25, -0.2) is 0 Å². The van der Waals surface area contributed by atoms with Crippen LogP contribution >= 0.6 is 23.1 Å². The SMILES string of the molecule is CCN(CC)C1CCN(C(=O)c2c3n(c(C)cc2=O)-c2ccccc2SC(c2ccsc2)C3)C1. The largest absolute Gasteiger partial charge is 0.337 e. The zero-order valence-electron chi connectivity index (χ0n) is 20.0. The Hall–Kier alpha value is -2.35. The third kappa shape index (κ3) is 4.14. The number of benzene rings is 1. The number of likely N-dealkylation sites (tertiary alicyclic amines) is 1. The quantitative estimate of drug-likeness (QED) is 0.493. The van der Waals surface area contributed by atoms with Crippen LogP contribution < -0.4 is 5.43 Å². The standard InChI is InChI=1S/C27H31N3O2S2/c1-4-28(5-2)20-10-12-29(16-20)27(32)26-22-15-25(19-11-13-33-17-19)34-24-9-7-6-8-21(24)30(22)18(3)14-23(26)31/h6-9,11,13-14,17,20,25H,4-5,10,12,15-16H2,1-3H3. The summed E-state index contributed by atoms with van der Waals surface area (Å²) in [5.41, 5.74) is 4.20. The molecule has 2 unspecified atom stereocenters. The highest BCUT2D eigenvalue weighted by Gasteiger charge is 2.34. The van der Waals surface area contributed by atoms with E-state index in [-0.39, 0.29) is 16.6 Å². The number of thiophene rings is 1. The average Bonchev–Trinajstić information content (AvgIpc) is 3.50. The zero-order chi connectivity index (χ0) is 23.8. The van der Waals surface area contributed by atoms with Gasteiger partial charge in [0.15, 0.2) is 5.43 Å². The molecule has 1 fully saturated rings. The van der Waals surface area contributed by atoms with Gasteiger partial charge in [0, 0.05) is 53.2 Å². The molecule has 4 heterocycles. The zero-order valence-corrected chi connectivity index (χ0v) is 21.6. The van der Waals surface area contributed by atoms with E-state index in [0.29, 0.717) is 31.1 Å². The van der Waals surface area contributed by atoms with Crippen molar-refractivity contribution in [1.82, 2.24) is 14.4 Å². The minimum atomic E-state index is -0.159. The van der Waals surface area contributed by atoms with E-state index in [9.17, 15) is 9.59 Å². The summed E-state index contributed by atoms with van der Waals surface area (Å²) < 4.78 is 2.15. The predicted octanol–water partition coefficient (Wildman–Crippen LogP) is 5.15.